The molecule has 1 N–H and O–H groups in total. The first kappa shape index (κ1) is 13.2. The molecule has 2 atom stereocenters. The Kier molecular flexibility index (Phi) is 3.72. The number of halogens is 2. The second-order valence-electron chi connectivity index (χ2n) is 5.55. The first-order valence-corrected chi connectivity index (χ1v) is 6.85. The van der Waals surface area contributed by atoms with Gasteiger partial charge in [-0.05, 0) is 36.0 Å². The van der Waals surface area contributed by atoms with Crippen molar-refractivity contribution in [1.82, 2.24) is 5.32 Å². The maximum absolute atomic E-state index is 6.21. The van der Waals surface area contributed by atoms with Gasteiger partial charge in [-0.1, -0.05) is 37.6 Å². The predicted octanol–water partition coefficient (Wildman–Crippen LogP) is 4.14. The number of benzene rings is 1. The normalized spacial score (nSPS) is 26.6. The highest BCUT2D eigenvalue weighted by Gasteiger charge is 2.46. The summed E-state index contributed by atoms with van der Waals surface area (Å²) in [7, 11) is 0. The molecule has 3 heteroatoms. The molecule has 0 heterocycles. The molecule has 1 saturated carbocycles. The quantitative estimate of drug-likeness (QED) is 0.815. The number of alkyl halides is 1. The van der Waals surface area contributed by atoms with Crippen molar-refractivity contribution < 1.29 is 0 Å². The van der Waals surface area contributed by atoms with Gasteiger partial charge in [-0.2, -0.15) is 0 Å². The Morgan fingerprint density at radius 1 is 1.41 bits per heavy atom. The summed E-state index contributed by atoms with van der Waals surface area (Å²) >= 11 is 12.4. The van der Waals surface area contributed by atoms with Crippen LogP contribution in [0.25, 0.3) is 0 Å². The molecule has 1 fully saturated rings. The van der Waals surface area contributed by atoms with Crippen molar-refractivity contribution in [2.45, 2.75) is 45.2 Å². The molecule has 1 aromatic carbocycles. The van der Waals surface area contributed by atoms with Crippen molar-refractivity contribution in [2.75, 3.05) is 0 Å². The Morgan fingerprint density at radius 2 is 2.12 bits per heavy atom. The molecule has 2 unspecified atom stereocenters. The largest absolute Gasteiger partial charge is 0.309 e. The van der Waals surface area contributed by atoms with Crippen LogP contribution in [-0.4, -0.2) is 11.4 Å². The molecule has 0 amide bonds. The highest BCUT2D eigenvalue weighted by Crippen LogP contribution is 2.44. The molecule has 0 aliphatic heterocycles. The molecule has 1 aliphatic rings. The van der Waals surface area contributed by atoms with Crippen molar-refractivity contribution in [3.05, 3.63) is 34.3 Å². The van der Waals surface area contributed by atoms with E-state index in [-0.39, 0.29) is 10.8 Å². The predicted molar refractivity (Wildman–Crippen MR) is 74.9 cm³/mol. The second-order valence-corrected chi connectivity index (χ2v) is 6.49. The number of rotatable bonds is 3. The molecule has 0 spiro atoms. The van der Waals surface area contributed by atoms with Crippen LogP contribution in [0.1, 0.15) is 31.4 Å². The van der Waals surface area contributed by atoms with E-state index < -0.39 is 0 Å². The van der Waals surface area contributed by atoms with Crippen LogP contribution in [0.15, 0.2) is 18.2 Å². The van der Waals surface area contributed by atoms with Crippen molar-refractivity contribution in [1.29, 1.82) is 0 Å². The fraction of sp³-hybridized carbons (Fsp3) is 0.571. The third kappa shape index (κ3) is 2.62. The first-order chi connectivity index (χ1) is 7.91. The van der Waals surface area contributed by atoms with Crippen molar-refractivity contribution in [3.8, 4) is 0 Å². The van der Waals surface area contributed by atoms with E-state index in [2.05, 4.69) is 38.2 Å². The van der Waals surface area contributed by atoms with Crippen LogP contribution in [0.2, 0.25) is 5.02 Å². The zero-order valence-electron chi connectivity index (χ0n) is 10.6. The van der Waals surface area contributed by atoms with Crippen molar-refractivity contribution >= 4 is 23.2 Å². The van der Waals surface area contributed by atoms with E-state index in [0.717, 1.165) is 23.6 Å². The fourth-order valence-electron chi connectivity index (χ4n) is 2.25. The summed E-state index contributed by atoms with van der Waals surface area (Å²) in [4.78, 5) is 0. The van der Waals surface area contributed by atoms with Gasteiger partial charge in [0.05, 0.1) is 0 Å². The minimum Gasteiger partial charge on any atom is -0.309 e. The van der Waals surface area contributed by atoms with Crippen LogP contribution in [0.4, 0.5) is 0 Å². The summed E-state index contributed by atoms with van der Waals surface area (Å²) < 4.78 is 0. The lowest BCUT2D eigenvalue weighted by atomic mass is 9.67. The van der Waals surface area contributed by atoms with Gasteiger partial charge in [-0.15, -0.1) is 11.6 Å². The lowest BCUT2D eigenvalue weighted by Gasteiger charge is -2.49. The van der Waals surface area contributed by atoms with E-state index >= 15 is 0 Å². The van der Waals surface area contributed by atoms with E-state index in [9.17, 15) is 0 Å². The third-order valence-electron chi connectivity index (χ3n) is 3.90. The summed E-state index contributed by atoms with van der Waals surface area (Å²) in [5.41, 5.74) is 2.54. The zero-order valence-corrected chi connectivity index (χ0v) is 12.1. The highest BCUT2D eigenvalue weighted by atomic mass is 35.5. The Labute approximate surface area is 114 Å². The van der Waals surface area contributed by atoms with E-state index in [1.165, 1.54) is 5.56 Å². The zero-order chi connectivity index (χ0) is 12.6. The molecule has 1 nitrogen and oxygen atoms in total. The van der Waals surface area contributed by atoms with Gasteiger partial charge in [-0.3, -0.25) is 0 Å². The van der Waals surface area contributed by atoms with E-state index in [1.54, 1.807) is 0 Å². The molecule has 0 bridgehead atoms. The minimum atomic E-state index is 0.179. The van der Waals surface area contributed by atoms with Crippen LogP contribution in [0.5, 0.6) is 0 Å². The minimum absolute atomic E-state index is 0.179. The van der Waals surface area contributed by atoms with E-state index in [4.69, 9.17) is 23.2 Å². The average Bonchev–Trinajstić information content (AvgIpc) is 2.26. The molecular formula is C14H19Cl2N. The monoisotopic (exact) mass is 271 g/mol. The molecule has 94 valence electrons. The van der Waals surface area contributed by atoms with E-state index in [0.29, 0.717) is 6.04 Å². The number of hydrogen-bond donors (Lipinski definition) is 1. The first-order valence-electron chi connectivity index (χ1n) is 6.03. The number of aryl methyl sites for hydroxylation is 1. The van der Waals surface area contributed by atoms with Gasteiger partial charge in [0, 0.05) is 23.0 Å². The molecule has 17 heavy (non-hydrogen) atoms. The van der Waals surface area contributed by atoms with Crippen LogP contribution < -0.4 is 5.32 Å². The molecule has 1 aromatic rings. The third-order valence-corrected chi connectivity index (χ3v) is 4.99. The maximum atomic E-state index is 6.21. The highest BCUT2D eigenvalue weighted by molar-refractivity contribution is 6.31. The van der Waals surface area contributed by atoms with Gasteiger partial charge in [0.15, 0.2) is 0 Å². The van der Waals surface area contributed by atoms with Crippen LogP contribution in [-0.2, 0) is 6.54 Å². The van der Waals surface area contributed by atoms with Crippen LogP contribution >= 0.6 is 23.2 Å². The smallest absolute Gasteiger partial charge is 0.0453 e. The topological polar surface area (TPSA) is 12.0 Å². The van der Waals surface area contributed by atoms with Gasteiger partial charge in [0.2, 0.25) is 0 Å². The summed E-state index contributed by atoms with van der Waals surface area (Å²) in [6.45, 7) is 7.29. The van der Waals surface area contributed by atoms with Crippen LogP contribution in [0.3, 0.4) is 0 Å². The molecular weight excluding hydrogens is 253 g/mol. The molecule has 0 saturated heterocycles. The summed E-state index contributed by atoms with van der Waals surface area (Å²) in [6, 6.07) is 6.69. The Hall–Kier alpha value is -0.240. The summed E-state index contributed by atoms with van der Waals surface area (Å²) in [6.07, 6.45) is 1.04. The lowest BCUT2D eigenvalue weighted by Crippen LogP contribution is -2.57. The van der Waals surface area contributed by atoms with Gasteiger partial charge in [0.25, 0.3) is 0 Å². The molecule has 0 aromatic heterocycles. The number of hydrogen-bond acceptors (Lipinski definition) is 1. The Bertz CT molecular complexity index is 415. The Balaban J connectivity index is 1.95. The SMILES string of the molecule is Cc1ccc(CNC2CC(Cl)C2(C)C)c(Cl)c1. The van der Waals surface area contributed by atoms with E-state index in [1.807, 2.05) is 6.07 Å². The van der Waals surface area contributed by atoms with Gasteiger partial charge in [-0.25, -0.2) is 0 Å². The van der Waals surface area contributed by atoms with Crippen molar-refractivity contribution in [3.63, 3.8) is 0 Å². The summed E-state index contributed by atoms with van der Waals surface area (Å²) in [5, 5.41) is 4.68. The van der Waals surface area contributed by atoms with Gasteiger partial charge >= 0.3 is 0 Å². The Morgan fingerprint density at radius 3 is 2.65 bits per heavy atom. The molecule has 1 aliphatic carbocycles. The second kappa shape index (κ2) is 4.79. The molecule has 2 rings (SSSR count). The lowest BCUT2D eigenvalue weighted by molar-refractivity contribution is 0.115. The molecule has 0 radical (unpaired) electrons. The number of nitrogens with one attached hydrogen (secondary N) is 1. The van der Waals surface area contributed by atoms with Crippen molar-refractivity contribution in [2.24, 2.45) is 5.41 Å². The average molecular weight is 272 g/mol. The van der Waals surface area contributed by atoms with Crippen LogP contribution in [0, 0.1) is 12.3 Å². The van der Waals surface area contributed by atoms with Gasteiger partial charge < -0.3 is 5.32 Å². The summed E-state index contributed by atoms with van der Waals surface area (Å²) in [5.74, 6) is 0. The maximum Gasteiger partial charge on any atom is 0.0453 e. The van der Waals surface area contributed by atoms with Gasteiger partial charge in [0.1, 0.15) is 0 Å². The fourth-order valence-corrected chi connectivity index (χ4v) is 2.88. The standard InChI is InChI=1S/C14H19Cl2N/c1-9-4-5-10(11(15)6-9)8-17-13-7-12(16)14(13,2)3/h4-6,12-13,17H,7-8H2,1-3H3.